The zero-order chi connectivity index (χ0) is 11.5. The van der Waals surface area contributed by atoms with Crippen LogP contribution in [0.25, 0.3) is 0 Å². The van der Waals surface area contributed by atoms with E-state index in [0.717, 1.165) is 10.4 Å². The number of carbonyl (C=O) groups excluding carboxylic acids is 1. The summed E-state index contributed by atoms with van der Waals surface area (Å²) in [5.74, 6) is 0.106. The number of aryl methyl sites for hydroxylation is 1. The van der Waals surface area contributed by atoms with Crippen molar-refractivity contribution >= 4 is 17.2 Å². The summed E-state index contributed by atoms with van der Waals surface area (Å²) in [7, 11) is 0. The summed E-state index contributed by atoms with van der Waals surface area (Å²) in [5, 5.41) is 1.95. The van der Waals surface area contributed by atoms with E-state index in [1.807, 2.05) is 23.3 Å². The van der Waals surface area contributed by atoms with Crippen LogP contribution >= 0.6 is 11.3 Å². The number of thiophene rings is 1. The Kier molecular flexibility index (Phi) is 3.58. The van der Waals surface area contributed by atoms with Gasteiger partial charge in [-0.2, -0.15) is 0 Å². The molecule has 1 unspecified atom stereocenters. The lowest BCUT2D eigenvalue weighted by Crippen LogP contribution is -2.48. The molecule has 0 saturated carbocycles. The smallest absolute Gasteiger partial charge is 0.264 e. The third-order valence-corrected chi connectivity index (χ3v) is 3.75. The second kappa shape index (κ2) is 4.95. The van der Waals surface area contributed by atoms with Crippen LogP contribution in [0.5, 0.6) is 0 Å². The Hall–Kier alpha value is -0.910. The van der Waals surface area contributed by atoms with Crippen LogP contribution in [-0.4, -0.2) is 43.2 Å². The highest BCUT2D eigenvalue weighted by atomic mass is 32.1. The zero-order valence-electron chi connectivity index (χ0n) is 9.31. The molecule has 0 aromatic carbocycles. The van der Waals surface area contributed by atoms with Gasteiger partial charge in [0.2, 0.25) is 0 Å². The monoisotopic (exact) mass is 240 g/mol. The summed E-state index contributed by atoms with van der Waals surface area (Å²) < 4.78 is 5.44. The van der Waals surface area contributed by atoms with Crippen molar-refractivity contribution in [1.82, 2.24) is 4.90 Å². The van der Waals surface area contributed by atoms with Gasteiger partial charge in [-0.25, -0.2) is 0 Å². The fourth-order valence-corrected chi connectivity index (χ4v) is 2.67. The molecule has 1 amide bonds. The van der Waals surface area contributed by atoms with E-state index in [9.17, 15) is 4.79 Å². The Bertz CT molecular complexity index is 378. The van der Waals surface area contributed by atoms with Crippen LogP contribution in [0.4, 0.5) is 0 Å². The number of ether oxygens (including phenoxy) is 1. The van der Waals surface area contributed by atoms with Crippen molar-refractivity contribution < 1.29 is 9.53 Å². The number of morpholine rings is 1. The van der Waals surface area contributed by atoms with Gasteiger partial charge in [-0.3, -0.25) is 4.79 Å². The van der Waals surface area contributed by atoms with Gasteiger partial charge in [0.15, 0.2) is 0 Å². The molecule has 1 aromatic rings. The molecule has 16 heavy (non-hydrogen) atoms. The van der Waals surface area contributed by atoms with Crippen LogP contribution in [0.15, 0.2) is 11.4 Å². The minimum absolute atomic E-state index is 0.0158. The van der Waals surface area contributed by atoms with E-state index in [0.29, 0.717) is 26.2 Å². The second-order valence-corrected chi connectivity index (χ2v) is 4.83. The summed E-state index contributed by atoms with van der Waals surface area (Å²) >= 11 is 1.50. The average Bonchev–Trinajstić information content (AvgIpc) is 2.74. The molecule has 1 aromatic heterocycles. The van der Waals surface area contributed by atoms with Crippen molar-refractivity contribution in [3.8, 4) is 0 Å². The van der Waals surface area contributed by atoms with Crippen molar-refractivity contribution in [2.45, 2.75) is 13.0 Å². The quantitative estimate of drug-likeness (QED) is 0.834. The lowest BCUT2D eigenvalue weighted by Gasteiger charge is -2.32. The van der Waals surface area contributed by atoms with E-state index in [2.05, 4.69) is 0 Å². The average molecular weight is 240 g/mol. The van der Waals surface area contributed by atoms with Crippen molar-refractivity contribution in [2.75, 3.05) is 26.2 Å². The Morgan fingerprint density at radius 2 is 2.56 bits per heavy atom. The maximum Gasteiger partial charge on any atom is 0.264 e. The van der Waals surface area contributed by atoms with Gasteiger partial charge < -0.3 is 15.4 Å². The number of rotatable bonds is 2. The predicted octanol–water partition coefficient (Wildman–Crippen LogP) is 0.856. The number of amides is 1. The molecule has 88 valence electrons. The van der Waals surface area contributed by atoms with Crippen LogP contribution in [0.1, 0.15) is 15.2 Å². The van der Waals surface area contributed by atoms with Crippen LogP contribution < -0.4 is 5.73 Å². The molecule has 1 atom stereocenters. The maximum absolute atomic E-state index is 12.2. The first kappa shape index (κ1) is 11.6. The summed E-state index contributed by atoms with van der Waals surface area (Å²) in [6.45, 7) is 4.27. The van der Waals surface area contributed by atoms with Gasteiger partial charge in [0.1, 0.15) is 0 Å². The number of hydrogen-bond donors (Lipinski definition) is 1. The maximum atomic E-state index is 12.2. The number of nitrogens with zero attached hydrogens (tertiary/aromatic N) is 1. The van der Waals surface area contributed by atoms with E-state index >= 15 is 0 Å². The van der Waals surface area contributed by atoms with Crippen LogP contribution in [0, 0.1) is 6.92 Å². The highest BCUT2D eigenvalue weighted by molar-refractivity contribution is 7.12. The highest BCUT2D eigenvalue weighted by Crippen LogP contribution is 2.19. The number of nitrogens with two attached hydrogens (primary N) is 1. The molecule has 0 aliphatic carbocycles. The van der Waals surface area contributed by atoms with Crippen LogP contribution in [0.2, 0.25) is 0 Å². The van der Waals surface area contributed by atoms with Gasteiger partial charge in [0.05, 0.1) is 17.6 Å². The third kappa shape index (κ3) is 2.26. The first-order chi connectivity index (χ1) is 7.72. The Labute approximate surface area is 99.0 Å². The molecule has 2 rings (SSSR count). The van der Waals surface area contributed by atoms with E-state index in [4.69, 9.17) is 10.5 Å². The summed E-state index contributed by atoms with van der Waals surface area (Å²) in [6.07, 6.45) is -0.0158. The molecule has 1 saturated heterocycles. The van der Waals surface area contributed by atoms with E-state index in [1.54, 1.807) is 0 Å². The Balaban J connectivity index is 2.07. The van der Waals surface area contributed by atoms with Gasteiger partial charge in [-0.15, -0.1) is 11.3 Å². The molecular formula is C11H16N2O2S. The minimum atomic E-state index is -0.0158. The lowest BCUT2D eigenvalue weighted by atomic mass is 10.2. The highest BCUT2D eigenvalue weighted by Gasteiger charge is 2.25. The topological polar surface area (TPSA) is 55.6 Å². The van der Waals surface area contributed by atoms with Crippen LogP contribution in [-0.2, 0) is 4.74 Å². The first-order valence-electron chi connectivity index (χ1n) is 5.37. The van der Waals surface area contributed by atoms with E-state index in [-0.39, 0.29) is 12.0 Å². The van der Waals surface area contributed by atoms with Crippen LogP contribution in [0.3, 0.4) is 0 Å². The largest absolute Gasteiger partial charge is 0.373 e. The zero-order valence-corrected chi connectivity index (χ0v) is 10.1. The van der Waals surface area contributed by atoms with Crippen molar-refractivity contribution in [3.63, 3.8) is 0 Å². The second-order valence-electron chi connectivity index (χ2n) is 3.91. The molecule has 1 fully saturated rings. The fourth-order valence-electron chi connectivity index (χ4n) is 1.78. The predicted molar refractivity (Wildman–Crippen MR) is 63.8 cm³/mol. The SMILES string of the molecule is Cc1ccsc1C(=O)N1CCOC(CN)C1. The van der Waals surface area contributed by atoms with Gasteiger partial charge in [-0.1, -0.05) is 0 Å². The molecule has 4 nitrogen and oxygen atoms in total. The normalized spacial score (nSPS) is 21.1. The molecule has 1 aliphatic rings. The minimum Gasteiger partial charge on any atom is -0.373 e. The molecular weight excluding hydrogens is 224 g/mol. The van der Waals surface area contributed by atoms with Gasteiger partial charge in [0.25, 0.3) is 5.91 Å². The van der Waals surface area contributed by atoms with Crippen molar-refractivity contribution in [1.29, 1.82) is 0 Å². The summed E-state index contributed by atoms with van der Waals surface area (Å²) in [5.41, 5.74) is 6.60. The van der Waals surface area contributed by atoms with Gasteiger partial charge >= 0.3 is 0 Å². The molecule has 2 N–H and O–H groups in total. The Morgan fingerprint density at radius 3 is 3.19 bits per heavy atom. The number of carbonyl (C=O) groups is 1. The van der Waals surface area contributed by atoms with Gasteiger partial charge in [-0.05, 0) is 23.9 Å². The lowest BCUT2D eigenvalue weighted by molar-refractivity contribution is -0.0166. The fraction of sp³-hybridized carbons (Fsp3) is 0.545. The molecule has 1 aliphatic heterocycles. The van der Waals surface area contributed by atoms with E-state index < -0.39 is 0 Å². The first-order valence-corrected chi connectivity index (χ1v) is 6.25. The number of hydrogen-bond acceptors (Lipinski definition) is 4. The van der Waals surface area contributed by atoms with Crippen molar-refractivity contribution in [3.05, 3.63) is 21.9 Å². The molecule has 0 spiro atoms. The Morgan fingerprint density at radius 1 is 1.75 bits per heavy atom. The third-order valence-electron chi connectivity index (χ3n) is 2.75. The molecule has 0 bridgehead atoms. The molecule has 0 radical (unpaired) electrons. The molecule has 2 heterocycles. The standard InChI is InChI=1S/C11H16N2O2S/c1-8-2-5-16-10(8)11(14)13-3-4-15-9(6-12)7-13/h2,5,9H,3-4,6-7,12H2,1H3. The summed E-state index contributed by atoms with van der Waals surface area (Å²) in [6, 6.07) is 1.97. The van der Waals surface area contributed by atoms with Crippen molar-refractivity contribution in [2.24, 2.45) is 5.73 Å². The van der Waals surface area contributed by atoms with Gasteiger partial charge in [0, 0.05) is 19.6 Å². The van der Waals surface area contributed by atoms with E-state index in [1.165, 1.54) is 11.3 Å². The summed E-state index contributed by atoms with van der Waals surface area (Å²) in [4.78, 5) is 14.8. The molecule has 5 heteroatoms.